The molecule has 7 nitrogen and oxygen atoms in total. The number of rotatable bonds is 5. The summed E-state index contributed by atoms with van der Waals surface area (Å²) in [6.07, 6.45) is 5.06. The monoisotopic (exact) mass is 491 g/mol. The molecule has 3 fully saturated rings. The van der Waals surface area contributed by atoms with Crippen LogP contribution < -0.4 is 10.1 Å². The first kappa shape index (κ1) is 23.2. The highest BCUT2D eigenvalue weighted by Crippen LogP contribution is 2.36. The molecule has 1 aliphatic carbocycles. The fourth-order valence-electron chi connectivity index (χ4n) is 6.16. The zero-order valence-corrected chi connectivity index (χ0v) is 20.1. The highest BCUT2D eigenvalue weighted by molar-refractivity contribution is 6.05. The van der Waals surface area contributed by atoms with Gasteiger partial charge >= 0.3 is 0 Å². The van der Waals surface area contributed by atoms with Gasteiger partial charge in [-0.15, -0.1) is 0 Å². The molecule has 2 aromatic carbocycles. The van der Waals surface area contributed by atoms with E-state index in [2.05, 4.69) is 10.2 Å². The molecule has 2 saturated heterocycles. The summed E-state index contributed by atoms with van der Waals surface area (Å²) in [5.41, 5.74) is 2.64. The van der Waals surface area contributed by atoms with Crippen molar-refractivity contribution in [3.8, 4) is 5.75 Å². The number of benzene rings is 2. The molecule has 6 rings (SSSR count). The summed E-state index contributed by atoms with van der Waals surface area (Å²) in [7, 11) is 0. The third-order valence-electron chi connectivity index (χ3n) is 8.17. The van der Waals surface area contributed by atoms with Crippen LogP contribution in [0.5, 0.6) is 5.75 Å². The quantitative estimate of drug-likeness (QED) is 0.649. The van der Waals surface area contributed by atoms with Crippen LogP contribution in [0, 0.1) is 5.82 Å². The van der Waals surface area contributed by atoms with Gasteiger partial charge in [0.1, 0.15) is 23.7 Å². The van der Waals surface area contributed by atoms with E-state index in [1.807, 2.05) is 24.3 Å². The van der Waals surface area contributed by atoms with Crippen LogP contribution >= 0.6 is 0 Å². The Kier molecular flexibility index (Phi) is 5.99. The van der Waals surface area contributed by atoms with Crippen LogP contribution in [0.15, 0.2) is 42.5 Å². The second-order valence-corrected chi connectivity index (χ2v) is 10.4. The maximum atomic E-state index is 13.3. The molecule has 188 valence electrons. The standard InChI is InChI=1S/C28H30FN3O4/c29-20-7-5-17(6-8-20)19-14-31(15-19)23-3-1-2-4-25(23)36-21-9-10-22-18(13-21)16-32(28(22)35)24-11-12-26(33)30-27(24)34/h5-10,13,19,23-25H,1-4,11-12,14-16H2,(H,30,33,34)/t23-,24+,25-/m1/s1. The molecular formula is C28H30FN3O4. The molecule has 3 amide bonds. The number of amides is 3. The van der Waals surface area contributed by atoms with Crippen molar-refractivity contribution in [2.45, 2.75) is 69.2 Å². The molecule has 1 saturated carbocycles. The van der Waals surface area contributed by atoms with Crippen LogP contribution in [0.3, 0.4) is 0 Å². The zero-order valence-electron chi connectivity index (χ0n) is 20.1. The normalized spacial score (nSPS) is 27.0. The molecule has 8 heteroatoms. The van der Waals surface area contributed by atoms with Gasteiger partial charge in [0.15, 0.2) is 0 Å². The van der Waals surface area contributed by atoms with E-state index in [0.717, 1.165) is 43.7 Å². The zero-order chi connectivity index (χ0) is 24.8. The summed E-state index contributed by atoms with van der Waals surface area (Å²) in [6, 6.07) is 12.1. The number of ether oxygens (including phenoxy) is 1. The van der Waals surface area contributed by atoms with Crippen LogP contribution in [0.1, 0.15) is 65.9 Å². The van der Waals surface area contributed by atoms with Crippen molar-refractivity contribution < 1.29 is 23.5 Å². The minimum absolute atomic E-state index is 0.0781. The van der Waals surface area contributed by atoms with E-state index in [4.69, 9.17) is 4.74 Å². The van der Waals surface area contributed by atoms with E-state index in [9.17, 15) is 18.8 Å². The maximum absolute atomic E-state index is 13.3. The van der Waals surface area contributed by atoms with Crippen molar-refractivity contribution >= 4 is 17.7 Å². The lowest BCUT2D eigenvalue weighted by atomic mass is 9.84. The smallest absolute Gasteiger partial charge is 0.255 e. The molecule has 0 unspecified atom stereocenters. The van der Waals surface area contributed by atoms with Gasteiger partial charge in [-0.2, -0.15) is 0 Å². The van der Waals surface area contributed by atoms with E-state index in [-0.39, 0.29) is 30.2 Å². The molecular weight excluding hydrogens is 461 g/mol. The third kappa shape index (κ3) is 4.28. The van der Waals surface area contributed by atoms with Crippen LogP contribution in [-0.2, 0) is 16.1 Å². The van der Waals surface area contributed by atoms with Crippen molar-refractivity contribution in [3.05, 3.63) is 65.0 Å². The predicted molar refractivity (Wildman–Crippen MR) is 130 cm³/mol. The van der Waals surface area contributed by atoms with Crippen molar-refractivity contribution in [2.24, 2.45) is 0 Å². The number of likely N-dealkylation sites (tertiary alicyclic amines) is 1. The van der Waals surface area contributed by atoms with E-state index >= 15 is 0 Å². The molecule has 3 atom stereocenters. The number of piperidine rings is 1. The molecule has 36 heavy (non-hydrogen) atoms. The Morgan fingerprint density at radius 2 is 1.72 bits per heavy atom. The fourth-order valence-corrected chi connectivity index (χ4v) is 6.16. The molecule has 3 aliphatic heterocycles. The SMILES string of the molecule is O=C1CC[C@H](N2Cc3cc(O[C@@H]4CCCC[C@H]4N4CC(c5ccc(F)cc5)C4)ccc3C2=O)C(=O)N1. The van der Waals surface area contributed by atoms with Crippen LogP contribution in [0.25, 0.3) is 0 Å². The van der Waals surface area contributed by atoms with Gasteiger partial charge in [0.25, 0.3) is 5.91 Å². The highest BCUT2D eigenvalue weighted by atomic mass is 19.1. The number of hydrogen-bond acceptors (Lipinski definition) is 5. The number of halogens is 1. The Morgan fingerprint density at radius 3 is 2.50 bits per heavy atom. The summed E-state index contributed by atoms with van der Waals surface area (Å²) in [6.45, 7) is 2.25. The van der Waals surface area contributed by atoms with Crippen molar-refractivity contribution in [3.63, 3.8) is 0 Å². The van der Waals surface area contributed by atoms with Gasteiger partial charge in [-0.05, 0) is 67.1 Å². The first-order chi connectivity index (χ1) is 17.5. The number of carbonyl (C=O) groups is 3. The minimum atomic E-state index is -0.616. The van der Waals surface area contributed by atoms with Gasteiger partial charge in [0.2, 0.25) is 11.8 Å². The predicted octanol–water partition coefficient (Wildman–Crippen LogP) is 3.38. The summed E-state index contributed by atoms with van der Waals surface area (Å²) in [4.78, 5) is 40.8. The molecule has 0 spiro atoms. The third-order valence-corrected chi connectivity index (χ3v) is 8.17. The van der Waals surface area contributed by atoms with Gasteiger partial charge in [0, 0.05) is 43.6 Å². The van der Waals surface area contributed by atoms with Crippen LogP contribution in [0.4, 0.5) is 4.39 Å². The van der Waals surface area contributed by atoms with E-state index in [1.54, 1.807) is 11.0 Å². The number of imide groups is 1. The van der Waals surface area contributed by atoms with Gasteiger partial charge in [-0.25, -0.2) is 4.39 Å². The average molecular weight is 492 g/mol. The lowest BCUT2D eigenvalue weighted by molar-refractivity contribution is -0.136. The largest absolute Gasteiger partial charge is 0.489 e. The first-order valence-corrected chi connectivity index (χ1v) is 12.9. The van der Waals surface area contributed by atoms with Crippen molar-refractivity contribution in [2.75, 3.05) is 13.1 Å². The maximum Gasteiger partial charge on any atom is 0.255 e. The number of carbonyl (C=O) groups excluding carboxylic acids is 3. The number of nitrogens with one attached hydrogen (secondary N) is 1. The summed E-state index contributed by atoms with van der Waals surface area (Å²) >= 11 is 0. The van der Waals surface area contributed by atoms with Crippen molar-refractivity contribution in [1.29, 1.82) is 0 Å². The topological polar surface area (TPSA) is 79.0 Å². The lowest BCUT2D eigenvalue weighted by Gasteiger charge is -2.48. The summed E-state index contributed by atoms with van der Waals surface area (Å²) < 4.78 is 19.8. The van der Waals surface area contributed by atoms with Gasteiger partial charge < -0.3 is 9.64 Å². The molecule has 4 aliphatic rings. The Morgan fingerprint density at radius 1 is 0.944 bits per heavy atom. The molecule has 1 N–H and O–H groups in total. The Hall–Kier alpha value is -3.26. The van der Waals surface area contributed by atoms with Crippen LogP contribution in [0.2, 0.25) is 0 Å². The Labute approximate surface area is 209 Å². The number of hydrogen-bond donors (Lipinski definition) is 1. The molecule has 3 heterocycles. The highest BCUT2D eigenvalue weighted by Gasteiger charge is 2.41. The van der Waals surface area contributed by atoms with Gasteiger partial charge in [-0.1, -0.05) is 18.6 Å². The van der Waals surface area contributed by atoms with Crippen molar-refractivity contribution in [1.82, 2.24) is 15.1 Å². The van der Waals surface area contributed by atoms with E-state index in [1.165, 1.54) is 24.1 Å². The fraction of sp³-hybridized carbons (Fsp3) is 0.464. The average Bonchev–Trinajstić information content (AvgIpc) is 3.16. The molecule has 0 bridgehead atoms. The molecule has 0 aromatic heterocycles. The Balaban J connectivity index is 1.11. The second kappa shape index (κ2) is 9.32. The summed E-state index contributed by atoms with van der Waals surface area (Å²) in [5.74, 6) is 0.115. The van der Waals surface area contributed by atoms with E-state index < -0.39 is 11.9 Å². The first-order valence-electron chi connectivity index (χ1n) is 12.9. The molecule has 2 aromatic rings. The van der Waals surface area contributed by atoms with Crippen LogP contribution in [-0.4, -0.2) is 58.8 Å². The Bertz CT molecular complexity index is 1190. The van der Waals surface area contributed by atoms with Gasteiger partial charge in [-0.3, -0.25) is 24.6 Å². The van der Waals surface area contributed by atoms with Gasteiger partial charge in [0.05, 0.1) is 0 Å². The number of fused-ring (bicyclic) bond motifs is 1. The van der Waals surface area contributed by atoms with E-state index in [0.29, 0.717) is 30.5 Å². The lowest BCUT2D eigenvalue weighted by Crippen LogP contribution is -2.57. The second-order valence-electron chi connectivity index (χ2n) is 10.4. The molecule has 0 radical (unpaired) electrons. The number of nitrogens with zero attached hydrogens (tertiary/aromatic N) is 2. The minimum Gasteiger partial charge on any atom is -0.489 e. The summed E-state index contributed by atoms with van der Waals surface area (Å²) in [5, 5.41) is 2.34.